The first-order valence-electron chi connectivity index (χ1n) is 13.8. The molecule has 2 N–H and O–H groups in total. The van der Waals surface area contributed by atoms with Crippen molar-refractivity contribution in [1.82, 2.24) is 15.3 Å². The number of aromatic hydroxyl groups is 1. The van der Waals surface area contributed by atoms with E-state index in [1.54, 1.807) is 12.4 Å². The number of phenols is 1. The first-order valence-corrected chi connectivity index (χ1v) is 13.8. The first kappa shape index (κ1) is 28.5. The van der Waals surface area contributed by atoms with Gasteiger partial charge in [-0.05, 0) is 60.4 Å². The van der Waals surface area contributed by atoms with Crippen molar-refractivity contribution in [3.05, 3.63) is 96.3 Å². The Balaban J connectivity index is 1.30. The summed E-state index contributed by atoms with van der Waals surface area (Å²) in [6, 6.07) is 20.8. The van der Waals surface area contributed by atoms with Crippen molar-refractivity contribution in [3.63, 3.8) is 0 Å². The lowest BCUT2D eigenvalue weighted by Crippen LogP contribution is -2.37. The van der Waals surface area contributed by atoms with Gasteiger partial charge in [-0.15, -0.1) is 0 Å². The number of carbonyl (C=O) groups is 2. The van der Waals surface area contributed by atoms with Crippen molar-refractivity contribution >= 4 is 12.2 Å². The molecule has 1 atom stereocenters. The van der Waals surface area contributed by atoms with Gasteiger partial charge in [-0.3, -0.25) is 4.79 Å². The predicted octanol–water partition coefficient (Wildman–Crippen LogP) is 6.41. The maximum atomic E-state index is 12.4. The fraction of sp³-hybridized carbons (Fsp3) is 0.273. The van der Waals surface area contributed by atoms with Gasteiger partial charge in [0.2, 0.25) is 0 Å². The number of benzene rings is 3. The summed E-state index contributed by atoms with van der Waals surface area (Å²) in [5.41, 5.74) is 4.06. The van der Waals surface area contributed by atoms with Gasteiger partial charge in [0.25, 0.3) is 5.91 Å². The Hall–Kier alpha value is -4.52. The molecule has 0 spiro atoms. The number of nitrogens with zero attached hydrogens (tertiary/aromatic N) is 2. The molecule has 0 aliphatic carbocycles. The molecule has 206 valence electrons. The molecule has 4 aromatic rings. The molecule has 7 nitrogen and oxygen atoms in total. The average molecular weight is 538 g/mol. The third-order valence-corrected chi connectivity index (χ3v) is 6.63. The van der Waals surface area contributed by atoms with E-state index in [-0.39, 0.29) is 11.7 Å². The van der Waals surface area contributed by atoms with Crippen LogP contribution in [0.2, 0.25) is 0 Å². The minimum atomic E-state index is -0.676. The lowest BCUT2D eigenvalue weighted by atomic mass is 10.0. The Morgan fingerprint density at radius 2 is 1.50 bits per heavy atom. The fourth-order valence-electron chi connectivity index (χ4n) is 4.31. The van der Waals surface area contributed by atoms with Gasteiger partial charge in [-0.25, -0.2) is 9.97 Å². The van der Waals surface area contributed by atoms with Crippen LogP contribution in [0.1, 0.15) is 54.9 Å². The number of hydrogen-bond acceptors (Lipinski definition) is 6. The van der Waals surface area contributed by atoms with E-state index in [0.717, 1.165) is 47.3 Å². The van der Waals surface area contributed by atoms with E-state index in [1.807, 2.05) is 48.5 Å². The van der Waals surface area contributed by atoms with E-state index in [2.05, 4.69) is 22.2 Å². The van der Waals surface area contributed by atoms with Crippen molar-refractivity contribution in [2.24, 2.45) is 0 Å². The standard InChI is InChI=1S/C33H35N3O4/c1-2-3-4-5-6-19-40-31-17-13-25(14-18-31)28-21-34-32(35-22-28)26-9-7-24(8-10-26)20-29(23-37)36-33(39)27-11-15-30(38)16-12-27/h7-18,21-23,29,38H,2-6,19-20H2,1H3,(H,36,39). The Kier molecular flexibility index (Phi) is 10.4. The monoisotopic (exact) mass is 537 g/mol. The maximum absolute atomic E-state index is 12.4. The van der Waals surface area contributed by atoms with Crippen LogP contribution in [0, 0.1) is 0 Å². The van der Waals surface area contributed by atoms with E-state index in [4.69, 9.17) is 4.74 Å². The van der Waals surface area contributed by atoms with Crippen LogP contribution in [-0.4, -0.2) is 39.9 Å². The zero-order chi connectivity index (χ0) is 28.2. The normalized spacial score (nSPS) is 11.5. The van der Waals surface area contributed by atoms with E-state index >= 15 is 0 Å². The molecule has 0 saturated carbocycles. The predicted molar refractivity (Wildman–Crippen MR) is 156 cm³/mol. The number of nitrogens with one attached hydrogen (secondary N) is 1. The van der Waals surface area contributed by atoms with Gasteiger partial charge < -0.3 is 20.0 Å². The summed E-state index contributed by atoms with van der Waals surface area (Å²) in [5.74, 6) is 1.17. The summed E-state index contributed by atoms with van der Waals surface area (Å²) in [6.07, 6.45) is 10.8. The Bertz CT molecular complexity index is 1350. The highest BCUT2D eigenvalue weighted by atomic mass is 16.5. The van der Waals surface area contributed by atoms with Gasteiger partial charge in [0.1, 0.15) is 17.8 Å². The number of hydrogen-bond donors (Lipinski definition) is 2. The summed E-state index contributed by atoms with van der Waals surface area (Å²) in [5, 5.41) is 12.1. The van der Waals surface area contributed by atoms with Crippen molar-refractivity contribution in [1.29, 1.82) is 0 Å². The third kappa shape index (κ3) is 8.24. The smallest absolute Gasteiger partial charge is 0.251 e. The van der Waals surface area contributed by atoms with Crippen LogP contribution in [0.4, 0.5) is 0 Å². The highest BCUT2D eigenvalue weighted by Crippen LogP contribution is 2.23. The molecule has 4 rings (SSSR count). The molecule has 1 amide bonds. The van der Waals surface area contributed by atoms with Crippen molar-refractivity contribution in [2.75, 3.05) is 6.61 Å². The number of ether oxygens (including phenoxy) is 1. The van der Waals surface area contributed by atoms with Gasteiger partial charge >= 0.3 is 0 Å². The molecule has 0 bridgehead atoms. The Labute approximate surface area is 235 Å². The molecule has 7 heteroatoms. The second-order valence-electron chi connectivity index (χ2n) is 9.75. The van der Waals surface area contributed by atoms with Gasteiger partial charge in [0.15, 0.2) is 5.82 Å². The van der Waals surface area contributed by atoms with Gasteiger partial charge in [0, 0.05) is 29.1 Å². The second kappa shape index (κ2) is 14.6. The number of aromatic nitrogens is 2. The van der Waals surface area contributed by atoms with Crippen LogP contribution in [0.5, 0.6) is 11.5 Å². The van der Waals surface area contributed by atoms with Crippen LogP contribution < -0.4 is 10.1 Å². The minimum Gasteiger partial charge on any atom is -0.508 e. The molecule has 0 saturated heterocycles. The SMILES string of the molecule is CCCCCCCOc1ccc(-c2cnc(-c3ccc(CC(C=O)NC(=O)c4ccc(O)cc4)cc3)nc2)cc1. The van der Waals surface area contributed by atoms with Crippen LogP contribution >= 0.6 is 0 Å². The molecule has 0 fully saturated rings. The largest absolute Gasteiger partial charge is 0.508 e. The topological polar surface area (TPSA) is 101 Å². The average Bonchev–Trinajstić information content (AvgIpc) is 2.99. The number of unbranched alkanes of at least 4 members (excludes halogenated alkanes) is 4. The second-order valence-corrected chi connectivity index (χ2v) is 9.75. The van der Waals surface area contributed by atoms with E-state index < -0.39 is 6.04 Å². The summed E-state index contributed by atoms with van der Waals surface area (Å²) in [6.45, 7) is 2.96. The van der Waals surface area contributed by atoms with Gasteiger partial charge in [-0.2, -0.15) is 0 Å². The van der Waals surface area contributed by atoms with Crippen LogP contribution in [0.25, 0.3) is 22.5 Å². The first-order chi connectivity index (χ1) is 19.6. The Morgan fingerprint density at radius 1 is 0.850 bits per heavy atom. The maximum Gasteiger partial charge on any atom is 0.251 e. The quantitative estimate of drug-likeness (QED) is 0.142. The highest BCUT2D eigenvalue weighted by Gasteiger charge is 2.14. The van der Waals surface area contributed by atoms with Gasteiger partial charge in [0.05, 0.1) is 12.6 Å². The van der Waals surface area contributed by atoms with Crippen molar-refractivity contribution in [2.45, 2.75) is 51.5 Å². The molecule has 3 aromatic carbocycles. The molecule has 0 aliphatic heterocycles. The van der Waals surface area contributed by atoms with E-state index in [1.165, 1.54) is 49.9 Å². The number of carbonyl (C=O) groups excluding carboxylic acids is 2. The van der Waals surface area contributed by atoms with Crippen LogP contribution in [0.15, 0.2) is 85.2 Å². The fourth-order valence-corrected chi connectivity index (χ4v) is 4.31. The van der Waals surface area contributed by atoms with Gasteiger partial charge in [-0.1, -0.05) is 69.0 Å². The number of aldehydes is 1. The molecule has 1 heterocycles. The highest BCUT2D eigenvalue weighted by molar-refractivity contribution is 5.95. The zero-order valence-electron chi connectivity index (χ0n) is 22.8. The third-order valence-electron chi connectivity index (χ3n) is 6.63. The zero-order valence-corrected chi connectivity index (χ0v) is 22.8. The molecule has 40 heavy (non-hydrogen) atoms. The summed E-state index contributed by atoms with van der Waals surface area (Å²) in [4.78, 5) is 33.1. The summed E-state index contributed by atoms with van der Waals surface area (Å²) >= 11 is 0. The van der Waals surface area contributed by atoms with Crippen molar-refractivity contribution < 1.29 is 19.4 Å². The molecule has 0 aliphatic rings. The van der Waals surface area contributed by atoms with Crippen molar-refractivity contribution in [3.8, 4) is 34.0 Å². The number of phenolic OH excluding ortho intramolecular Hbond substituents is 1. The number of rotatable bonds is 14. The van der Waals surface area contributed by atoms with Crippen LogP contribution in [-0.2, 0) is 11.2 Å². The van der Waals surface area contributed by atoms with E-state index in [9.17, 15) is 14.7 Å². The number of amides is 1. The summed E-state index contributed by atoms with van der Waals surface area (Å²) in [7, 11) is 0. The molecule has 0 radical (unpaired) electrons. The molecular weight excluding hydrogens is 502 g/mol. The molecule has 1 aromatic heterocycles. The van der Waals surface area contributed by atoms with E-state index in [0.29, 0.717) is 17.8 Å². The Morgan fingerprint density at radius 3 is 2.15 bits per heavy atom. The molecule has 1 unspecified atom stereocenters. The summed E-state index contributed by atoms with van der Waals surface area (Å²) < 4.78 is 5.86. The minimum absolute atomic E-state index is 0.0741. The lowest BCUT2D eigenvalue weighted by molar-refractivity contribution is -0.109. The van der Waals surface area contributed by atoms with Crippen LogP contribution in [0.3, 0.4) is 0 Å². The lowest BCUT2D eigenvalue weighted by Gasteiger charge is -2.13. The molecular formula is C33H35N3O4.